The van der Waals surface area contributed by atoms with Gasteiger partial charge in [-0.25, -0.2) is 0 Å². The van der Waals surface area contributed by atoms with Gasteiger partial charge in [-0.1, -0.05) is 90.4 Å². The highest BCUT2D eigenvalue weighted by Crippen LogP contribution is 2.12. The van der Waals surface area contributed by atoms with Crippen molar-refractivity contribution in [3.8, 4) is 0 Å². The fourth-order valence-electron chi connectivity index (χ4n) is 2.90. The molecule has 0 aliphatic heterocycles. The van der Waals surface area contributed by atoms with Crippen LogP contribution >= 0.6 is 0 Å². The minimum absolute atomic E-state index is 0.00774. The monoisotopic (exact) mass is 327 g/mol. The molecule has 139 valence electrons. The zero-order valence-corrected chi connectivity index (χ0v) is 16.1. The normalized spacial score (nSPS) is 12.7. The van der Waals surface area contributed by atoms with E-state index in [2.05, 4.69) is 13.8 Å². The van der Waals surface area contributed by atoms with Crippen molar-refractivity contribution in [3.05, 3.63) is 6.92 Å². The molecule has 0 amide bonds. The van der Waals surface area contributed by atoms with Crippen molar-refractivity contribution in [3.63, 3.8) is 0 Å². The van der Waals surface area contributed by atoms with Crippen molar-refractivity contribution >= 4 is 0 Å². The summed E-state index contributed by atoms with van der Waals surface area (Å²) in [5, 5.41) is 0. The number of rotatable bonds is 19. The predicted octanol–water partition coefficient (Wildman–Crippen LogP) is 6.72. The van der Waals surface area contributed by atoms with Crippen molar-refractivity contribution < 1.29 is 9.47 Å². The van der Waals surface area contributed by atoms with Gasteiger partial charge in [0.15, 0.2) is 0 Å². The van der Waals surface area contributed by atoms with Gasteiger partial charge in [-0.2, -0.15) is 0 Å². The van der Waals surface area contributed by atoms with Crippen LogP contribution in [0.1, 0.15) is 104 Å². The van der Waals surface area contributed by atoms with Gasteiger partial charge in [-0.05, 0) is 20.3 Å². The van der Waals surface area contributed by atoms with E-state index < -0.39 is 0 Å². The molecule has 0 rings (SSSR count). The fraction of sp³-hybridized carbons (Fsp3) is 0.952. The molecule has 0 heterocycles. The first kappa shape index (κ1) is 22.9. The van der Waals surface area contributed by atoms with E-state index in [9.17, 15) is 0 Å². The highest BCUT2D eigenvalue weighted by atomic mass is 16.5. The molecule has 0 spiro atoms. The van der Waals surface area contributed by atoms with Crippen LogP contribution in [-0.4, -0.2) is 25.9 Å². The molecule has 0 aliphatic rings. The smallest absolute Gasteiger partial charge is 0.0809 e. The second kappa shape index (κ2) is 20.0. The van der Waals surface area contributed by atoms with E-state index in [4.69, 9.17) is 9.47 Å². The summed E-state index contributed by atoms with van der Waals surface area (Å²) in [7, 11) is 0. The zero-order chi connectivity index (χ0) is 17.0. The Morgan fingerprint density at radius 1 is 0.652 bits per heavy atom. The van der Waals surface area contributed by atoms with Crippen molar-refractivity contribution in [1.29, 1.82) is 0 Å². The summed E-state index contributed by atoms with van der Waals surface area (Å²) in [6.07, 6.45) is 19.6. The average Bonchev–Trinajstić information content (AvgIpc) is 2.54. The minimum atomic E-state index is -0.00774. The SMILES string of the molecule is [CH2]C(COCCCCCCCCCCCCCCCC)OCC. The molecule has 0 saturated carbocycles. The van der Waals surface area contributed by atoms with E-state index in [0.29, 0.717) is 6.61 Å². The van der Waals surface area contributed by atoms with Gasteiger partial charge in [0, 0.05) is 13.2 Å². The van der Waals surface area contributed by atoms with Crippen molar-refractivity contribution in [2.75, 3.05) is 19.8 Å². The topological polar surface area (TPSA) is 18.5 Å². The molecule has 1 unspecified atom stereocenters. The fourth-order valence-corrected chi connectivity index (χ4v) is 2.90. The van der Waals surface area contributed by atoms with Gasteiger partial charge in [0.1, 0.15) is 0 Å². The number of unbranched alkanes of at least 4 members (excludes halogenated alkanes) is 13. The molecule has 0 aromatic rings. The second-order valence-electron chi connectivity index (χ2n) is 6.75. The Balaban J connectivity index is 3.00. The third-order valence-electron chi connectivity index (χ3n) is 4.35. The predicted molar refractivity (Wildman–Crippen MR) is 102 cm³/mol. The molecule has 23 heavy (non-hydrogen) atoms. The molecule has 1 radical (unpaired) electrons. The first-order chi connectivity index (χ1) is 11.3. The lowest BCUT2D eigenvalue weighted by molar-refractivity contribution is 0.0109. The van der Waals surface area contributed by atoms with Crippen LogP contribution in [-0.2, 0) is 9.47 Å². The maximum Gasteiger partial charge on any atom is 0.0809 e. The average molecular weight is 328 g/mol. The Morgan fingerprint density at radius 3 is 1.52 bits per heavy atom. The molecule has 0 saturated heterocycles. The van der Waals surface area contributed by atoms with Crippen LogP contribution < -0.4 is 0 Å². The third-order valence-corrected chi connectivity index (χ3v) is 4.35. The van der Waals surface area contributed by atoms with E-state index in [1.807, 2.05) is 6.92 Å². The quantitative estimate of drug-likeness (QED) is 0.245. The van der Waals surface area contributed by atoms with Gasteiger partial charge in [0.05, 0.1) is 12.7 Å². The number of ether oxygens (including phenoxy) is 2. The lowest BCUT2D eigenvalue weighted by atomic mass is 10.0. The van der Waals surface area contributed by atoms with Gasteiger partial charge in [0.2, 0.25) is 0 Å². The van der Waals surface area contributed by atoms with Crippen LogP contribution in [0.25, 0.3) is 0 Å². The van der Waals surface area contributed by atoms with E-state index in [0.717, 1.165) is 13.2 Å². The molecule has 0 aromatic heterocycles. The standard InChI is InChI=1S/C21H43O2/c1-4-6-7-8-9-10-11-12-13-14-15-16-17-18-19-22-20-21(3)23-5-2/h21H,3-20H2,1-2H3. The van der Waals surface area contributed by atoms with E-state index in [1.165, 1.54) is 89.9 Å². The minimum Gasteiger partial charge on any atom is -0.379 e. The highest BCUT2D eigenvalue weighted by molar-refractivity contribution is 4.57. The summed E-state index contributed by atoms with van der Waals surface area (Å²) in [5.74, 6) is 0. The first-order valence-corrected chi connectivity index (χ1v) is 10.3. The molecule has 0 aromatic carbocycles. The van der Waals surface area contributed by atoms with Gasteiger partial charge in [-0.15, -0.1) is 0 Å². The van der Waals surface area contributed by atoms with Gasteiger partial charge < -0.3 is 9.47 Å². The summed E-state index contributed by atoms with van der Waals surface area (Å²) in [4.78, 5) is 0. The zero-order valence-electron chi connectivity index (χ0n) is 16.1. The Hall–Kier alpha value is -0.0800. The Morgan fingerprint density at radius 2 is 1.09 bits per heavy atom. The van der Waals surface area contributed by atoms with Crippen LogP contribution in [0.15, 0.2) is 0 Å². The maximum atomic E-state index is 5.57. The van der Waals surface area contributed by atoms with Crippen LogP contribution in [0.4, 0.5) is 0 Å². The van der Waals surface area contributed by atoms with Crippen LogP contribution in [0.3, 0.4) is 0 Å². The molecule has 0 N–H and O–H groups in total. The van der Waals surface area contributed by atoms with Crippen molar-refractivity contribution in [2.24, 2.45) is 0 Å². The Kier molecular flexibility index (Phi) is 19.9. The second-order valence-corrected chi connectivity index (χ2v) is 6.75. The van der Waals surface area contributed by atoms with E-state index >= 15 is 0 Å². The molecular formula is C21H43O2. The molecule has 0 fully saturated rings. The molecule has 0 bridgehead atoms. The highest BCUT2D eigenvalue weighted by Gasteiger charge is 2.00. The molecule has 0 aliphatic carbocycles. The third kappa shape index (κ3) is 19.9. The van der Waals surface area contributed by atoms with Gasteiger partial charge in [-0.3, -0.25) is 0 Å². The number of hydrogen-bond donors (Lipinski definition) is 0. The molecule has 2 heteroatoms. The number of hydrogen-bond acceptors (Lipinski definition) is 2. The van der Waals surface area contributed by atoms with E-state index in [1.54, 1.807) is 0 Å². The maximum absolute atomic E-state index is 5.57. The van der Waals surface area contributed by atoms with Gasteiger partial charge >= 0.3 is 0 Å². The van der Waals surface area contributed by atoms with Crippen molar-refractivity contribution in [2.45, 2.75) is 110 Å². The molecule has 1 atom stereocenters. The molecule has 2 nitrogen and oxygen atoms in total. The summed E-state index contributed by atoms with van der Waals surface area (Å²) < 4.78 is 10.9. The summed E-state index contributed by atoms with van der Waals surface area (Å²) in [5.41, 5.74) is 0. The Labute approximate surface area is 146 Å². The van der Waals surface area contributed by atoms with Gasteiger partial charge in [0.25, 0.3) is 0 Å². The van der Waals surface area contributed by atoms with Crippen LogP contribution in [0.5, 0.6) is 0 Å². The lowest BCUT2D eigenvalue weighted by Crippen LogP contribution is -2.16. The Bertz CT molecular complexity index is 206. The molecular weight excluding hydrogens is 284 g/mol. The summed E-state index contributed by atoms with van der Waals surface area (Å²) in [6.45, 7) is 10.4. The van der Waals surface area contributed by atoms with Crippen LogP contribution in [0.2, 0.25) is 0 Å². The van der Waals surface area contributed by atoms with Crippen LogP contribution in [0, 0.1) is 6.92 Å². The summed E-state index contributed by atoms with van der Waals surface area (Å²) >= 11 is 0. The largest absolute Gasteiger partial charge is 0.379 e. The first-order valence-electron chi connectivity index (χ1n) is 10.3. The van der Waals surface area contributed by atoms with Crippen molar-refractivity contribution in [1.82, 2.24) is 0 Å². The van der Waals surface area contributed by atoms with E-state index in [-0.39, 0.29) is 6.10 Å². The summed E-state index contributed by atoms with van der Waals surface area (Å²) in [6, 6.07) is 0. The lowest BCUT2D eigenvalue weighted by Gasteiger charge is -2.11.